The number of hydrogen-bond donors (Lipinski definition) is 0. The van der Waals surface area contributed by atoms with Crippen LogP contribution in [0.3, 0.4) is 0 Å². The zero-order valence-corrected chi connectivity index (χ0v) is 9.02. The van der Waals surface area contributed by atoms with Gasteiger partial charge in [-0.05, 0) is 32.6 Å². The van der Waals surface area contributed by atoms with Crippen molar-refractivity contribution < 1.29 is 0 Å². The maximum absolute atomic E-state index is 3.78. The van der Waals surface area contributed by atoms with Gasteiger partial charge in [0.15, 0.2) is 0 Å². The van der Waals surface area contributed by atoms with Gasteiger partial charge in [-0.1, -0.05) is 33.7 Å². The molecule has 0 bridgehead atoms. The Hall–Kier alpha value is -0.0400. The van der Waals surface area contributed by atoms with E-state index in [1.807, 2.05) is 6.08 Å². The van der Waals surface area contributed by atoms with Crippen molar-refractivity contribution in [2.75, 3.05) is 5.33 Å². The van der Waals surface area contributed by atoms with Gasteiger partial charge < -0.3 is 0 Å². The van der Waals surface area contributed by atoms with Crippen LogP contribution in [0.1, 0.15) is 26.7 Å². The summed E-state index contributed by atoms with van der Waals surface area (Å²) in [5, 5.41) is 1.03. The van der Waals surface area contributed by atoms with Crippen LogP contribution in [0.2, 0.25) is 0 Å². The second kappa shape index (κ2) is 6.66. The molecular formula is C10H17Br. The number of alkyl halides is 1. The van der Waals surface area contributed by atoms with Crippen LogP contribution < -0.4 is 0 Å². The minimum Gasteiger partial charge on any atom is -0.103 e. The highest BCUT2D eigenvalue weighted by Gasteiger charge is 1.98. The van der Waals surface area contributed by atoms with E-state index in [0.717, 1.165) is 5.33 Å². The molecular weight excluding hydrogens is 200 g/mol. The molecule has 0 unspecified atom stereocenters. The summed E-state index contributed by atoms with van der Waals surface area (Å²) >= 11 is 3.45. The second-order valence-electron chi connectivity index (χ2n) is 3.01. The zero-order chi connectivity index (χ0) is 8.69. The highest BCUT2D eigenvalue weighted by Crippen LogP contribution is 2.11. The zero-order valence-electron chi connectivity index (χ0n) is 7.44. The highest BCUT2D eigenvalue weighted by atomic mass is 79.9. The first kappa shape index (κ1) is 11.0. The first-order valence-electron chi connectivity index (χ1n) is 4.02. The molecule has 0 aliphatic heterocycles. The van der Waals surface area contributed by atoms with E-state index >= 15 is 0 Å². The maximum Gasteiger partial charge on any atom is 0.00943 e. The second-order valence-corrected chi connectivity index (χ2v) is 3.66. The van der Waals surface area contributed by atoms with Gasteiger partial charge in [0, 0.05) is 5.33 Å². The SMILES string of the molecule is C=C[C@H](CBr)CCC=C(C)C. The van der Waals surface area contributed by atoms with Gasteiger partial charge in [0.05, 0.1) is 0 Å². The summed E-state index contributed by atoms with van der Waals surface area (Å²) in [7, 11) is 0. The fourth-order valence-electron chi connectivity index (χ4n) is 0.844. The van der Waals surface area contributed by atoms with Crippen LogP contribution in [0, 0.1) is 5.92 Å². The summed E-state index contributed by atoms with van der Waals surface area (Å²) < 4.78 is 0. The summed E-state index contributed by atoms with van der Waals surface area (Å²) in [4.78, 5) is 0. The Bertz CT molecular complexity index is 132. The first-order chi connectivity index (χ1) is 5.20. The Kier molecular flexibility index (Phi) is 6.63. The molecule has 0 rings (SSSR count). The highest BCUT2D eigenvalue weighted by molar-refractivity contribution is 9.09. The van der Waals surface area contributed by atoms with Gasteiger partial charge in [0.2, 0.25) is 0 Å². The van der Waals surface area contributed by atoms with Crippen molar-refractivity contribution in [1.82, 2.24) is 0 Å². The van der Waals surface area contributed by atoms with Crippen LogP contribution >= 0.6 is 15.9 Å². The monoisotopic (exact) mass is 216 g/mol. The molecule has 0 nitrogen and oxygen atoms in total. The summed E-state index contributed by atoms with van der Waals surface area (Å²) in [6.07, 6.45) is 6.68. The lowest BCUT2D eigenvalue weighted by Gasteiger charge is -2.05. The van der Waals surface area contributed by atoms with Gasteiger partial charge in [-0.15, -0.1) is 6.58 Å². The Morgan fingerprint density at radius 1 is 1.55 bits per heavy atom. The van der Waals surface area contributed by atoms with Gasteiger partial charge in [-0.2, -0.15) is 0 Å². The lowest BCUT2D eigenvalue weighted by Crippen LogP contribution is -1.95. The summed E-state index contributed by atoms with van der Waals surface area (Å²) in [5.41, 5.74) is 1.40. The van der Waals surface area contributed by atoms with Crippen LogP contribution in [0.4, 0.5) is 0 Å². The maximum atomic E-state index is 3.78. The van der Waals surface area contributed by atoms with Crippen molar-refractivity contribution in [1.29, 1.82) is 0 Å². The molecule has 0 fully saturated rings. The van der Waals surface area contributed by atoms with Crippen molar-refractivity contribution in [3.05, 3.63) is 24.3 Å². The number of allylic oxidation sites excluding steroid dienone is 3. The third-order valence-corrected chi connectivity index (χ3v) is 2.45. The van der Waals surface area contributed by atoms with E-state index in [9.17, 15) is 0 Å². The molecule has 0 aliphatic rings. The standard InChI is InChI=1S/C10H17Br/c1-4-10(8-11)7-5-6-9(2)3/h4,6,10H,1,5,7-8H2,2-3H3/t10-/m0/s1. The molecule has 0 N–H and O–H groups in total. The normalized spacial score (nSPS) is 12.3. The number of hydrogen-bond acceptors (Lipinski definition) is 0. The smallest absolute Gasteiger partial charge is 0.00943 e. The van der Waals surface area contributed by atoms with E-state index in [1.165, 1.54) is 18.4 Å². The van der Waals surface area contributed by atoms with Gasteiger partial charge in [-0.25, -0.2) is 0 Å². The Morgan fingerprint density at radius 2 is 2.18 bits per heavy atom. The predicted octanol–water partition coefficient (Wildman–Crippen LogP) is 3.93. The minimum absolute atomic E-state index is 0.630. The molecule has 1 atom stereocenters. The molecule has 0 aliphatic carbocycles. The quantitative estimate of drug-likeness (QED) is 0.483. The molecule has 0 saturated carbocycles. The third-order valence-electron chi connectivity index (χ3n) is 1.62. The fourth-order valence-corrected chi connectivity index (χ4v) is 1.43. The molecule has 0 saturated heterocycles. The molecule has 0 heterocycles. The third kappa shape index (κ3) is 6.36. The lowest BCUT2D eigenvalue weighted by molar-refractivity contribution is 0.671. The van der Waals surface area contributed by atoms with Crippen molar-refractivity contribution in [3.63, 3.8) is 0 Å². The topological polar surface area (TPSA) is 0 Å². The number of rotatable bonds is 5. The van der Waals surface area contributed by atoms with E-state index in [4.69, 9.17) is 0 Å². The molecule has 0 aromatic heterocycles. The summed E-state index contributed by atoms with van der Waals surface area (Å²) in [6.45, 7) is 8.05. The number of halogens is 1. The fraction of sp³-hybridized carbons (Fsp3) is 0.600. The van der Waals surface area contributed by atoms with Crippen LogP contribution in [0.25, 0.3) is 0 Å². The molecule has 11 heavy (non-hydrogen) atoms. The largest absolute Gasteiger partial charge is 0.103 e. The van der Waals surface area contributed by atoms with Gasteiger partial charge in [0.25, 0.3) is 0 Å². The van der Waals surface area contributed by atoms with E-state index < -0.39 is 0 Å². The van der Waals surface area contributed by atoms with Crippen LogP contribution in [0.5, 0.6) is 0 Å². The van der Waals surface area contributed by atoms with E-state index in [2.05, 4.69) is 42.4 Å². The molecule has 1 heteroatoms. The molecule has 0 spiro atoms. The molecule has 64 valence electrons. The Labute approximate surface area is 78.5 Å². The summed E-state index contributed by atoms with van der Waals surface area (Å²) in [5.74, 6) is 0.630. The van der Waals surface area contributed by atoms with Crippen molar-refractivity contribution in [2.45, 2.75) is 26.7 Å². The van der Waals surface area contributed by atoms with E-state index in [0.29, 0.717) is 5.92 Å². The average Bonchev–Trinajstić information content (AvgIpc) is 1.98. The summed E-state index contributed by atoms with van der Waals surface area (Å²) in [6, 6.07) is 0. The van der Waals surface area contributed by atoms with Crippen molar-refractivity contribution in [3.8, 4) is 0 Å². The van der Waals surface area contributed by atoms with Gasteiger partial charge in [0.1, 0.15) is 0 Å². The molecule has 0 amide bonds. The van der Waals surface area contributed by atoms with Gasteiger partial charge >= 0.3 is 0 Å². The van der Waals surface area contributed by atoms with Gasteiger partial charge in [-0.3, -0.25) is 0 Å². The molecule has 0 aromatic carbocycles. The van der Waals surface area contributed by atoms with Crippen molar-refractivity contribution in [2.24, 2.45) is 5.92 Å². The Morgan fingerprint density at radius 3 is 2.55 bits per heavy atom. The first-order valence-corrected chi connectivity index (χ1v) is 5.14. The lowest BCUT2D eigenvalue weighted by atomic mass is 10.1. The van der Waals surface area contributed by atoms with Crippen LogP contribution in [0.15, 0.2) is 24.3 Å². The van der Waals surface area contributed by atoms with Crippen molar-refractivity contribution >= 4 is 15.9 Å². The van der Waals surface area contributed by atoms with Crippen LogP contribution in [-0.4, -0.2) is 5.33 Å². The molecule has 0 radical (unpaired) electrons. The average molecular weight is 217 g/mol. The van der Waals surface area contributed by atoms with E-state index in [1.54, 1.807) is 0 Å². The van der Waals surface area contributed by atoms with Crippen LogP contribution in [-0.2, 0) is 0 Å². The predicted molar refractivity (Wildman–Crippen MR) is 56.1 cm³/mol. The van der Waals surface area contributed by atoms with E-state index in [-0.39, 0.29) is 0 Å². The minimum atomic E-state index is 0.630. The molecule has 0 aromatic rings. The Balaban J connectivity index is 3.51.